The molecule has 1 N–H and O–H groups in total. The molecule has 2 aromatic carbocycles. The van der Waals surface area contributed by atoms with Crippen molar-refractivity contribution < 1.29 is 14.3 Å². The van der Waals surface area contributed by atoms with E-state index < -0.39 is 18.0 Å². The highest BCUT2D eigenvalue weighted by Crippen LogP contribution is 2.16. The maximum Gasteiger partial charge on any atom is 0.307 e. The van der Waals surface area contributed by atoms with E-state index in [1.54, 1.807) is 25.2 Å². The molecule has 1 atom stereocenters. The van der Waals surface area contributed by atoms with Gasteiger partial charge in [0.25, 0.3) is 11.5 Å². The van der Waals surface area contributed by atoms with Crippen LogP contribution in [-0.2, 0) is 27.8 Å². The molecule has 1 heterocycles. The number of hydrogen-bond acceptors (Lipinski definition) is 5. The summed E-state index contributed by atoms with van der Waals surface area (Å²) in [4.78, 5) is 41.5. The number of aryl methyl sites for hydroxylation is 3. The number of anilines is 1. The van der Waals surface area contributed by atoms with Gasteiger partial charge < -0.3 is 10.1 Å². The van der Waals surface area contributed by atoms with Crippen LogP contribution in [0, 0.1) is 13.8 Å². The van der Waals surface area contributed by atoms with Gasteiger partial charge in [-0.25, -0.2) is 4.98 Å². The van der Waals surface area contributed by atoms with E-state index in [2.05, 4.69) is 10.3 Å². The summed E-state index contributed by atoms with van der Waals surface area (Å²) in [6.45, 7) is 5.41. The van der Waals surface area contributed by atoms with E-state index in [-0.39, 0.29) is 18.4 Å². The lowest BCUT2D eigenvalue weighted by Gasteiger charge is -2.15. The summed E-state index contributed by atoms with van der Waals surface area (Å²) in [7, 11) is 1.63. The number of benzene rings is 2. The summed E-state index contributed by atoms with van der Waals surface area (Å²) in [6.07, 6.45) is -0.688. The second-order valence-corrected chi connectivity index (χ2v) is 7.35. The predicted molar refractivity (Wildman–Crippen MR) is 115 cm³/mol. The van der Waals surface area contributed by atoms with E-state index >= 15 is 0 Å². The molecule has 156 valence electrons. The first kappa shape index (κ1) is 21.2. The molecular formula is C23H25N3O4. The van der Waals surface area contributed by atoms with Crippen LogP contribution in [0.1, 0.15) is 30.3 Å². The van der Waals surface area contributed by atoms with Gasteiger partial charge >= 0.3 is 5.97 Å². The number of esters is 1. The second-order valence-electron chi connectivity index (χ2n) is 7.35. The predicted octanol–water partition coefficient (Wildman–Crippen LogP) is 3.05. The van der Waals surface area contributed by atoms with Gasteiger partial charge in [-0.05, 0) is 44.5 Å². The van der Waals surface area contributed by atoms with Crippen LogP contribution in [0.3, 0.4) is 0 Å². The first-order valence-corrected chi connectivity index (χ1v) is 9.78. The molecule has 0 spiro atoms. The Morgan fingerprint density at radius 1 is 1.17 bits per heavy atom. The third-order valence-corrected chi connectivity index (χ3v) is 4.95. The first-order valence-electron chi connectivity index (χ1n) is 9.78. The number of fused-ring (bicyclic) bond motifs is 1. The minimum absolute atomic E-state index is 0.0137. The lowest BCUT2D eigenvalue weighted by molar-refractivity contribution is -0.153. The topological polar surface area (TPSA) is 90.3 Å². The van der Waals surface area contributed by atoms with Gasteiger partial charge in [-0.1, -0.05) is 29.8 Å². The molecule has 3 aromatic rings. The summed E-state index contributed by atoms with van der Waals surface area (Å²) >= 11 is 0. The highest BCUT2D eigenvalue weighted by molar-refractivity contribution is 5.95. The normalized spacial score (nSPS) is 11.9. The molecule has 0 saturated heterocycles. The van der Waals surface area contributed by atoms with Crippen molar-refractivity contribution in [3.05, 3.63) is 69.8 Å². The minimum Gasteiger partial charge on any atom is -0.453 e. The molecule has 7 heteroatoms. The van der Waals surface area contributed by atoms with Crippen molar-refractivity contribution in [2.75, 3.05) is 5.32 Å². The van der Waals surface area contributed by atoms with Crippen molar-refractivity contribution in [2.24, 2.45) is 7.05 Å². The van der Waals surface area contributed by atoms with Gasteiger partial charge in [0.2, 0.25) is 0 Å². The molecule has 0 unspecified atom stereocenters. The number of nitrogens with one attached hydrogen (secondary N) is 1. The molecule has 0 radical (unpaired) electrons. The number of ether oxygens (including phenoxy) is 1. The Morgan fingerprint density at radius 2 is 1.90 bits per heavy atom. The number of rotatable bonds is 6. The quantitative estimate of drug-likeness (QED) is 0.634. The number of nitrogens with zero attached hydrogens (tertiary/aromatic N) is 2. The number of amides is 1. The molecule has 1 amide bonds. The van der Waals surface area contributed by atoms with Crippen molar-refractivity contribution in [3.8, 4) is 0 Å². The van der Waals surface area contributed by atoms with Gasteiger partial charge in [0.05, 0.1) is 17.3 Å². The highest BCUT2D eigenvalue weighted by Gasteiger charge is 2.19. The van der Waals surface area contributed by atoms with E-state index in [1.165, 1.54) is 11.5 Å². The van der Waals surface area contributed by atoms with Crippen molar-refractivity contribution in [1.29, 1.82) is 0 Å². The average molecular weight is 407 g/mol. The standard InChI is InChI=1S/C23H25N3O4/c1-14-9-10-18(15(2)13-14)25-22(28)16(3)30-21(27)12-11-20-24-19-8-6-5-7-17(19)23(29)26(20)4/h5-10,13,16H,11-12H2,1-4H3,(H,25,28)/t16-/m1/s1. The third kappa shape index (κ3) is 4.74. The molecule has 30 heavy (non-hydrogen) atoms. The van der Waals surface area contributed by atoms with Crippen LogP contribution >= 0.6 is 0 Å². The Balaban J connectivity index is 1.60. The number of carbonyl (C=O) groups is 2. The van der Waals surface area contributed by atoms with E-state index in [0.29, 0.717) is 22.4 Å². The Bertz CT molecular complexity index is 1170. The zero-order valence-electron chi connectivity index (χ0n) is 17.6. The van der Waals surface area contributed by atoms with E-state index in [4.69, 9.17) is 4.74 Å². The first-order chi connectivity index (χ1) is 14.3. The van der Waals surface area contributed by atoms with Crippen molar-refractivity contribution in [2.45, 2.75) is 39.7 Å². The summed E-state index contributed by atoms with van der Waals surface area (Å²) in [5.74, 6) is -0.435. The maximum absolute atomic E-state index is 12.4. The zero-order chi connectivity index (χ0) is 21.8. The van der Waals surface area contributed by atoms with Crippen molar-refractivity contribution >= 4 is 28.5 Å². The molecule has 0 aliphatic carbocycles. The molecule has 0 fully saturated rings. The van der Waals surface area contributed by atoms with Crippen molar-refractivity contribution in [3.63, 3.8) is 0 Å². The SMILES string of the molecule is Cc1ccc(NC(=O)[C@@H](C)OC(=O)CCc2nc3ccccc3c(=O)n2C)c(C)c1. The monoisotopic (exact) mass is 407 g/mol. The lowest BCUT2D eigenvalue weighted by Crippen LogP contribution is -2.30. The van der Waals surface area contributed by atoms with Crippen LogP contribution in [-0.4, -0.2) is 27.5 Å². The molecule has 0 aliphatic heterocycles. The van der Waals surface area contributed by atoms with Crippen LogP contribution in [0.5, 0.6) is 0 Å². The average Bonchev–Trinajstić information content (AvgIpc) is 2.71. The Morgan fingerprint density at radius 3 is 2.63 bits per heavy atom. The smallest absolute Gasteiger partial charge is 0.307 e. The Kier molecular flexibility index (Phi) is 6.30. The summed E-state index contributed by atoms with van der Waals surface area (Å²) in [5.41, 5.74) is 3.14. The van der Waals surface area contributed by atoms with E-state index in [9.17, 15) is 14.4 Å². The van der Waals surface area contributed by atoms with Gasteiger partial charge in [0.1, 0.15) is 5.82 Å². The van der Waals surface area contributed by atoms with Gasteiger partial charge in [-0.2, -0.15) is 0 Å². The molecule has 7 nitrogen and oxygen atoms in total. The third-order valence-electron chi connectivity index (χ3n) is 4.95. The van der Waals surface area contributed by atoms with Crippen LogP contribution < -0.4 is 10.9 Å². The van der Waals surface area contributed by atoms with Gasteiger partial charge in [0.15, 0.2) is 6.10 Å². The number of para-hydroxylation sites is 1. The number of carbonyl (C=O) groups excluding carboxylic acids is 2. The molecule has 0 aliphatic rings. The zero-order valence-corrected chi connectivity index (χ0v) is 17.6. The fraction of sp³-hybridized carbons (Fsp3) is 0.304. The van der Waals surface area contributed by atoms with Crippen LogP contribution in [0.25, 0.3) is 10.9 Å². The fourth-order valence-corrected chi connectivity index (χ4v) is 3.20. The van der Waals surface area contributed by atoms with Crippen molar-refractivity contribution in [1.82, 2.24) is 9.55 Å². The number of aromatic nitrogens is 2. The summed E-state index contributed by atoms with van der Waals surface area (Å²) < 4.78 is 6.70. The molecule has 3 rings (SSSR count). The van der Waals surface area contributed by atoms with Crippen LogP contribution in [0.15, 0.2) is 47.3 Å². The van der Waals surface area contributed by atoms with Crippen LogP contribution in [0.2, 0.25) is 0 Å². The lowest BCUT2D eigenvalue weighted by atomic mass is 10.1. The summed E-state index contributed by atoms with van der Waals surface area (Å²) in [5, 5.41) is 3.31. The minimum atomic E-state index is -0.938. The Hall–Kier alpha value is -3.48. The van der Waals surface area contributed by atoms with Gasteiger partial charge in [-0.3, -0.25) is 19.0 Å². The molecular weight excluding hydrogens is 382 g/mol. The fourth-order valence-electron chi connectivity index (χ4n) is 3.20. The highest BCUT2D eigenvalue weighted by atomic mass is 16.5. The van der Waals surface area contributed by atoms with E-state index in [0.717, 1.165) is 11.1 Å². The van der Waals surface area contributed by atoms with Crippen LogP contribution in [0.4, 0.5) is 5.69 Å². The molecule has 0 saturated carbocycles. The second kappa shape index (κ2) is 8.90. The summed E-state index contributed by atoms with van der Waals surface area (Å²) in [6, 6.07) is 12.8. The van der Waals surface area contributed by atoms with Gasteiger partial charge in [-0.15, -0.1) is 0 Å². The molecule has 1 aromatic heterocycles. The number of hydrogen-bond donors (Lipinski definition) is 1. The molecule has 0 bridgehead atoms. The van der Waals surface area contributed by atoms with E-state index in [1.807, 2.05) is 38.1 Å². The van der Waals surface area contributed by atoms with Gasteiger partial charge in [0, 0.05) is 19.2 Å². The Labute approximate surface area is 174 Å². The largest absolute Gasteiger partial charge is 0.453 e. The maximum atomic E-state index is 12.4.